The summed E-state index contributed by atoms with van der Waals surface area (Å²) in [6, 6.07) is 7.74. The van der Waals surface area contributed by atoms with Crippen molar-refractivity contribution in [2.45, 2.75) is 33.1 Å². The van der Waals surface area contributed by atoms with Crippen LogP contribution in [-0.2, 0) is 12.5 Å². The van der Waals surface area contributed by atoms with Gasteiger partial charge in [-0.05, 0) is 31.5 Å². The molecular weight excluding hydrogens is 298 g/mol. The van der Waals surface area contributed by atoms with Crippen molar-refractivity contribution in [3.63, 3.8) is 0 Å². The van der Waals surface area contributed by atoms with E-state index in [2.05, 4.69) is 24.3 Å². The third-order valence-corrected chi connectivity index (χ3v) is 4.27. The summed E-state index contributed by atoms with van der Waals surface area (Å²) < 4.78 is 1.73. The second kappa shape index (κ2) is 6.13. The van der Waals surface area contributed by atoms with E-state index in [4.69, 9.17) is 11.6 Å². The van der Waals surface area contributed by atoms with Crippen LogP contribution in [-0.4, -0.2) is 22.2 Å². The minimum atomic E-state index is -0.204. The molecule has 0 bridgehead atoms. The molecule has 1 aromatic carbocycles. The number of benzene rings is 1. The summed E-state index contributed by atoms with van der Waals surface area (Å²) in [5.41, 5.74) is 3.17. The van der Waals surface area contributed by atoms with Crippen molar-refractivity contribution < 1.29 is 4.79 Å². The van der Waals surface area contributed by atoms with Gasteiger partial charge in [0.1, 0.15) is 0 Å². The van der Waals surface area contributed by atoms with E-state index in [-0.39, 0.29) is 11.3 Å². The highest BCUT2D eigenvalue weighted by Gasteiger charge is 2.24. The highest BCUT2D eigenvalue weighted by molar-refractivity contribution is 6.30. The average molecular weight is 320 g/mol. The largest absolute Gasteiger partial charge is 0.351 e. The lowest BCUT2D eigenvalue weighted by Gasteiger charge is -2.26. The first-order chi connectivity index (χ1) is 10.2. The Bertz CT molecular complexity index is 704. The van der Waals surface area contributed by atoms with Crippen molar-refractivity contribution in [3.05, 3.63) is 51.8 Å². The van der Waals surface area contributed by atoms with Crippen LogP contribution in [0.3, 0.4) is 0 Å². The van der Waals surface area contributed by atoms with E-state index < -0.39 is 0 Å². The fourth-order valence-corrected chi connectivity index (χ4v) is 2.69. The predicted molar refractivity (Wildman–Crippen MR) is 89.5 cm³/mol. The summed E-state index contributed by atoms with van der Waals surface area (Å²) >= 11 is 6.06. The molecule has 5 heteroatoms. The van der Waals surface area contributed by atoms with E-state index in [1.807, 2.05) is 45.2 Å². The molecule has 1 N–H and O–H groups in total. The predicted octanol–water partition coefficient (Wildman–Crippen LogP) is 3.40. The molecule has 0 saturated carbocycles. The first-order valence-electron chi connectivity index (χ1n) is 7.27. The molecule has 0 saturated heterocycles. The van der Waals surface area contributed by atoms with Crippen LogP contribution in [0.2, 0.25) is 5.02 Å². The minimum absolute atomic E-state index is 0.0850. The third-order valence-electron chi connectivity index (χ3n) is 4.03. The van der Waals surface area contributed by atoms with Gasteiger partial charge >= 0.3 is 0 Å². The van der Waals surface area contributed by atoms with Crippen molar-refractivity contribution in [1.29, 1.82) is 0 Å². The van der Waals surface area contributed by atoms with Gasteiger partial charge < -0.3 is 5.32 Å². The Hall–Kier alpha value is -1.81. The Balaban J connectivity index is 2.13. The molecule has 4 nitrogen and oxygen atoms in total. The number of halogens is 1. The second-order valence-corrected chi connectivity index (χ2v) is 6.68. The highest BCUT2D eigenvalue weighted by Crippen LogP contribution is 2.25. The van der Waals surface area contributed by atoms with Gasteiger partial charge in [-0.3, -0.25) is 9.48 Å². The molecule has 2 rings (SSSR count). The molecule has 0 atom stereocenters. The summed E-state index contributed by atoms with van der Waals surface area (Å²) in [6.07, 6.45) is 0. The normalized spacial score (nSPS) is 11.5. The number of aromatic nitrogens is 2. The Morgan fingerprint density at radius 1 is 1.36 bits per heavy atom. The number of nitrogens with zero attached hydrogens (tertiary/aromatic N) is 2. The number of aryl methyl sites for hydroxylation is 2. The smallest absolute Gasteiger partial charge is 0.255 e. The molecular formula is C17H22ClN3O. The van der Waals surface area contributed by atoms with Gasteiger partial charge in [0.2, 0.25) is 0 Å². The Kier molecular flexibility index (Phi) is 4.61. The summed E-state index contributed by atoms with van der Waals surface area (Å²) in [4.78, 5) is 12.5. The average Bonchev–Trinajstić information content (AvgIpc) is 2.70. The second-order valence-electron chi connectivity index (χ2n) is 6.25. The van der Waals surface area contributed by atoms with E-state index in [0.717, 1.165) is 17.0 Å². The number of rotatable bonds is 4. The number of carbonyl (C=O) groups excluding carboxylic acids is 1. The third kappa shape index (κ3) is 3.33. The number of carbonyl (C=O) groups is 1. The first-order valence-corrected chi connectivity index (χ1v) is 7.64. The maximum Gasteiger partial charge on any atom is 0.255 e. The van der Waals surface area contributed by atoms with Crippen molar-refractivity contribution in [2.75, 3.05) is 6.54 Å². The lowest BCUT2D eigenvalue weighted by Crippen LogP contribution is -2.37. The fraction of sp³-hybridized carbons (Fsp3) is 0.412. The molecule has 0 unspecified atom stereocenters. The van der Waals surface area contributed by atoms with Gasteiger partial charge in [0, 0.05) is 29.7 Å². The Morgan fingerprint density at radius 2 is 2.05 bits per heavy atom. The summed E-state index contributed by atoms with van der Waals surface area (Å²) in [6.45, 7) is 8.45. The SMILES string of the molecule is Cc1nn(C)c(C)c1C(=O)NCC(C)(C)c1cccc(Cl)c1. The van der Waals surface area contributed by atoms with Gasteiger partial charge in [0.05, 0.1) is 11.3 Å². The monoisotopic (exact) mass is 319 g/mol. The number of amides is 1. The van der Waals surface area contributed by atoms with Crippen LogP contribution >= 0.6 is 11.6 Å². The zero-order valence-electron chi connectivity index (χ0n) is 13.7. The molecule has 22 heavy (non-hydrogen) atoms. The van der Waals surface area contributed by atoms with Crippen LogP contribution in [0.15, 0.2) is 24.3 Å². The summed E-state index contributed by atoms with van der Waals surface area (Å²) in [7, 11) is 1.84. The molecule has 2 aromatic rings. The van der Waals surface area contributed by atoms with Gasteiger partial charge in [0.15, 0.2) is 0 Å². The van der Waals surface area contributed by atoms with E-state index in [1.165, 1.54) is 0 Å². The molecule has 0 radical (unpaired) electrons. The molecule has 0 aliphatic heterocycles. The molecule has 0 spiro atoms. The molecule has 0 fully saturated rings. The van der Waals surface area contributed by atoms with Crippen LogP contribution < -0.4 is 5.32 Å². The van der Waals surface area contributed by atoms with E-state index in [9.17, 15) is 4.79 Å². The number of hydrogen-bond acceptors (Lipinski definition) is 2. The van der Waals surface area contributed by atoms with Crippen LogP contribution in [0.5, 0.6) is 0 Å². The Labute approximate surface area is 136 Å². The van der Waals surface area contributed by atoms with Gasteiger partial charge in [-0.1, -0.05) is 37.6 Å². The van der Waals surface area contributed by atoms with Crippen LogP contribution in [0, 0.1) is 13.8 Å². The van der Waals surface area contributed by atoms with Gasteiger partial charge in [-0.2, -0.15) is 5.10 Å². The molecule has 1 heterocycles. The summed E-state index contributed by atoms with van der Waals surface area (Å²) in [5, 5.41) is 8.01. The quantitative estimate of drug-likeness (QED) is 0.939. The fourth-order valence-electron chi connectivity index (χ4n) is 2.50. The zero-order valence-corrected chi connectivity index (χ0v) is 14.5. The summed E-state index contributed by atoms with van der Waals surface area (Å²) in [5.74, 6) is -0.0850. The van der Waals surface area contributed by atoms with Gasteiger partial charge in [-0.15, -0.1) is 0 Å². The maximum absolute atomic E-state index is 12.5. The number of nitrogens with one attached hydrogen (secondary N) is 1. The van der Waals surface area contributed by atoms with Crippen molar-refractivity contribution >= 4 is 17.5 Å². The van der Waals surface area contributed by atoms with Crippen molar-refractivity contribution in [3.8, 4) is 0 Å². The lowest BCUT2D eigenvalue weighted by molar-refractivity contribution is 0.0944. The van der Waals surface area contributed by atoms with E-state index >= 15 is 0 Å². The molecule has 0 aliphatic rings. The van der Waals surface area contributed by atoms with Crippen LogP contribution in [0.1, 0.15) is 41.2 Å². The lowest BCUT2D eigenvalue weighted by atomic mass is 9.84. The van der Waals surface area contributed by atoms with Gasteiger partial charge in [-0.25, -0.2) is 0 Å². The maximum atomic E-state index is 12.5. The standard InChI is InChI=1S/C17H22ClN3O/c1-11-15(12(2)21(5)20-11)16(22)19-10-17(3,4)13-7-6-8-14(18)9-13/h6-9H,10H2,1-5H3,(H,19,22). The molecule has 1 amide bonds. The van der Waals surface area contributed by atoms with Crippen LogP contribution in [0.25, 0.3) is 0 Å². The molecule has 1 aromatic heterocycles. The number of hydrogen-bond donors (Lipinski definition) is 1. The van der Waals surface area contributed by atoms with E-state index in [1.54, 1.807) is 4.68 Å². The topological polar surface area (TPSA) is 46.9 Å². The molecule has 0 aliphatic carbocycles. The van der Waals surface area contributed by atoms with Crippen molar-refractivity contribution in [1.82, 2.24) is 15.1 Å². The highest BCUT2D eigenvalue weighted by atomic mass is 35.5. The molecule has 118 valence electrons. The Morgan fingerprint density at radius 3 is 2.59 bits per heavy atom. The van der Waals surface area contributed by atoms with Gasteiger partial charge in [0.25, 0.3) is 5.91 Å². The van der Waals surface area contributed by atoms with E-state index in [0.29, 0.717) is 17.1 Å². The van der Waals surface area contributed by atoms with Crippen LogP contribution in [0.4, 0.5) is 0 Å². The van der Waals surface area contributed by atoms with Crippen molar-refractivity contribution in [2.24, 2.45) is 7.05 Å². The first kappa shape index (κ1) is 16.6. The minimum Gasteiger partial charge on any atom is -0.351 e. The zero-order chi connectivity index (χ0) is 16.5.